The lowest BCUT2D eigenvalue weighted by Crippen LogP contribution is -2.53. The molecule has 2 aromatic carbocycles. The molecule has 2 aromatic rings. The maximum Gasteiger partial charge on any atom is 0.408 e. The smallest absolute Gasteiger partial charge is 0.408 e. The summed E-state index contributed by atoms with van der Waals surface area (Å²) in [6, 6.07) is 16.2. The number of hydrogen-bond acceptors (Lipinski definition) is 4. The second-order valence-electron chi connectivity index (χ2n) is 9.12. The molecule has 7 nitrogen and oxygen atoms in total. The summed E-state index contributed by atoms with van der Waals surface area (Å²) < 4.78 is 5.62. The number of aliphatic carboxylic acids is 1. The lowest BCUT2D eigenvalue weighted by atomic mass is 9.98. The van der Waals surface area contributed by atoms with E-state index in [-0.39, 0.29) is 30.9 Å². The van der Waals surface area contributed by atoms with E-state index in [0.29, 0.717) is 25.8 Å². The molecule has 1 fully saturated rings. The first-order valence-corrected chi connectivity index (χ1v) is 11.5. The molecule has 33 heavy (non-hydrogen) atoms. The Hall–Kier alpha value is -3.35. The van der Waals surface area contributed by atoms with Crippen molar-refractivity contribution in [3.63, 3.8) is 0 Å². The largest absolute Gasteiger partial charge is 0.481 e. The maximum absolute atomic E-state index is 13.2. The zero-order valence-corrected chi connectivity index (χ0v) is 19.0. The molecule has 0 bridgehead atoms. The summed E-state index contributed by atoms with van der Waals surface area (Å²) in [7, 11) is 0. The Kier molecular flexibility index (Phi) is 6.40. The number of carboxylic acid groups (broad SMARTS) is 1. The summed E-state index contributed by atoms with van der Waals surface area (Å²) in [6.45, 7) is 4.32. The van der Waals surface area contributed by atoms with Gasteiger partial charge in [-0.05, 0) is 55.4 Å². The van der Waals surface area contributed by atoms with Crippen LogP contribution in [0.4, 0.5) is 4.79 Å². The molecule has 2 amide bonds. The second kappa shape index (κ2) is 9.25. The van der Waals surface area contributed by atoms with Crippen molar-refractivity contribution in [2.24, 2.45) is 0 Å². The fourth-order valence-corrected chi connectivity index (χ4v) is 4.62. The second-order valence-corrected chi connectivity index (χ2v) is 9.12. The standard InChI is InChI=1S/C26H30N2O5/c1-17(2)28(15-7-12-23(29)30)24(31)26(13-14-26)27-25(32)33-16-22-20-10-5-3-8-18(20)19-9-4-6-11-21(19)22/h3-6,8-11,17,22H,7,12-16H2,1-2H3,(H,27,32)(H,29,30). The Labute approximate surface area is 193 Å². The lowest BCUT2D eigenvalue weighted by Gasteiger charge is -2.31. The van der Waals surface area contributed by atoms with Crippen molar-refractivity contribution in [3.05, 3.63) is 59.7 Å². The topological polar surface area (TPSA) is 95.9 Å². The van der Waals surface area contributed by atoms with Crippen LogP contribution in [0.2, 0.25) is 0 Å². The van der Waals surface area contributed by atoms with Crippen molar-refractivity contribution in [2.75, 3.05) is 13.2 Å². The number of benzene rings is 2. The third-order valence-electron chi connectivity index (χ3n) is 6.52. The molecule has 0 aromatic heterocycles. The van der Waals surface area contributed by atoms with Crippen LogP contribution < -0.4 is 5.32 Å². The predicted octanol–water partition coefficient (Wildman–Crippen LogP) is 4.16. The Morgan fingerprint density at radius 3 is 2.15 bits per heavy atom. The van der Waals surface area contributed by atoms with E-state index in [1.807, 2.05) is 38.1 Å². The highest BCUT2D eigenvalue weighted by Crippen LogP contribution is 2.44. The van der Waals surface area contributed by atoms with Crippen LogP contribution in [0.25, 0.3) is 11.1 Å². The molecule has 2 aliphatic carbocycles. The third kappa shape index (κ3) is 4.72. The van der Waals surface area contributed by atoms with Crippen molar-refractivity contribution < 1.29 is 24.2 Å². The summed E-state index contributed by atoms with van der Waals surface area (Å²) in [6.07, 6.45) is 0.886. The monoisotopic (exact) mass is 450 g/mol. The number of amides is 2. The molecule has 2 aliphatic rings. The lowest BCUT2D eigenvalue weighted by molar-refractivity contribution is -0.139. The van der Waals surface area contributed by atoms with Gasteiger partial charge >= 0.3 is 12.1 Å². The van der Waals surface area contributed by atoms with Crippen molar-refractivity contribution in [3.8, 4) is 11.1 Å². The molecule has 0 unspecified atom stereocenters. The van der Waals surface area contributed by atoms with Crippen LogP contribution in [0.15, 0.2) is 48.5 Å². The highest BCUT2D eigenvalue weighted by Gasteiger charge is 2.53. The van der Waals surface area contributed by atoms with Crippen LogP contribution in [-0.4, -0.2) is 52.7 Å². The van der Waals surface area contributed by atoms with Crippen LogP contribution in [-0.2, 0) is 14.3 Å². The molecule has 0 aliphatic heterocycles. The van der Waals surface area contributed by atoms with Gasteiger partial charge in [0.1, 0.15) is 12.1 Å². The summed E-state index contributed by atoms with van der Waals surface area (Å²) in [5.41, 5.74) is 3.63. The first kappa shape index (κ1) is 22.8. The van der Waals surface area contributed by atoms with E-state index in [9.17, 15) is 14.4 Å². The molecule has 174 valence electrons. The number of rotatable bonds is 9. The summed E-state index contributed by atoms with van der Waals surface area (Å²) in [4.78, 5) is 38.4. The number of carbonyl (C=O) groups excluding carboxylic acids is 2. The van der Waals surface area contributed by atoms with Crippen LogP contribution in [0.1, 0.15) is 56.6 Å². The average Bonchev–Trinajstić information content (AvgIpc) is 3.50. The minimum absolute atomic E-state index is 0.00328. The van der Waals surface area contributed by atoms with Gasteiger partial charge in [-0.3, -0.25) is 9.59 Å². The minimum atomic E-state index is -0.948. The van der Waals surface area contributed by atoms with Gasteiger partial charge in [-0.2, -0.15) is 0 Å². The molecule has 1 saturated carbocycles. The Balaban J connectivity index is 1.39. The van der Waals surface area contributed by atoms with Gasteiger partial charge in [0.05, 0.1) is 0 Å². The SMILES string of the molecule is CC(C)N(CCCC(=O)O)C(=O)C1(NC(=O)OCC2c3ccccc3-c3ccccc32)CC1. The van der Waals surface area contributed by atoms with Crippen molar-refractivity contribution in [2.45, 2.75) is 57.0 Å². The zero-order valence-electron chi connectivity index (χ0n) is 19.0. The Morgan fingerprint density at radius 1 is 1.06 bits per heavy atom. The fourth-order valence-electron chi connectivity index (χ4n) is 4.62. The third-order valence-corrected chi connectivity index (χ3v) is 6.52. The van der Waals surface area contributed by atoms with Crippen LogP contribution in [0.5, 0.6) is 0 Å². The Bertz CT molecular complexity index is 1010. The zero-order chi connectivity index (χ0) is 23.6. The van der Waals surface area contributed by atoms with Crippen molar-refractivity contribution >= 4 is 18.0 Å². The molecule has 0 atom stereocenters. The normalized spacial score (nSPS) is 15.5. The quantitative estimate of drug-likeness (QED) is 0.598. The van der Waals surface area contributed by atoms with Gasteiger partial charge in [-0.1, -0.05) is 48.5 Å². The highest BCUT2D eigenvalue weighted by molar-refractivity contribution is 5.93. The summed E-state index contributed by atoms with van der Waals surface area (Å²) in [5.74, 6) is -1.10. The summed E-state index contributed by atoms with van der Waals surface area (Å²) in [5, 5.41) is 11.7. The molecule has 4 rings (SSSR count). The van der Waals surface area contributed by atoms with E-state index in [1.54, 1.807) is 4.90 Å². The maximum atomic E-state index is 13.2. The first-order chi connectivity index (χ1) is 15.8. The van der Waals surface area contributed by atoms with E-state index in [1.165, 1.54) is 0 Å². The molecule has 0 spiro atoms. The number of nitrogens with one attached hydrogen (secondary N) is 1. The molecule has 0 radical (unpaired) electrons. The predicted molar refractivity (Wildman–Crippen MR) is 124 cm³/mol. The van der Waals surface area contributed by atoms with E-state index >= 15 is 0 Å². The van der Waals surface area contributed by atoms with E-state index < -0.39 is 17.6 Å². The van der Waals surface area contributed by atoms with Gasteiger partial charge in [-0.15, -0.1) is 0 Å². The van der Waals surface area contributed by atoms with Gasteiger partial charge < -0.3 is 20.1 Å². The molecule has 7 heteroatoms. The number of fused-ring (bicyclic) bond motifs is 3. The first-order valence-electron chi connectivity index (χ1n) is 11.5. The molecular formula is C26H30N2O5. The number of alkyl carbamates (subject to hydrolysis) is 1. The number of hydrogen-bond donors (Lipinski definition) is 2. The number of ether oxygens (including phenoxy) is 1. The van der Waals surface area contributed by atoms with E-state index in [4.69, 9.17) is 9.84 Å². The fraction of sp³-hybridized carbons (Fsp3) is 0.423. The number of carboxylic acids is 1. The molecule has 0 heterocycles. The van der Waals surface area contributed by atoms with Crippen LogP contribution in [0.3, 0.4) is 0 Å². The van der Waals surface area contributed by atoms with E-state index in [2.05, 4.69) is 29.6 Å². The van der Waals surface area contributed by atoms with Crippen LogP contribution >= 0.6 is 0 Å². The van der Waals surface area contributed by atoms with Crippen LogP contribution in [0, 0.1) is 0 Å². The minimum Gasteiger partial charge on any atom is -0.481 e. The highest BCUT2D eigenvalue weighted by atomic mass is 16.5. The van der Waals surface area contributed by atoms with Gasteiger partial charge in [0.15, 0.2) is 0 Å². The number of carbonyl (C=O) groups is 3. The molecule has 0 saturated heterocycles. The molecule has 2 N–H and O–H groups in total. The average molecular weight is 451 g/mol. The summed E-state index contributed by atoms with van der Waals surface area (Å²) >= 11 is 0. The van der Waals surface area contributed by atoms with Gasteiger partial charge in [0, 0.05) is 24.9 Å². The Morgan fingerprint density at radius 2 is 1.64 bits per heavy atom. The van der Waals surface area contributed by atoms with Gasteiger partial charge in [0.2, 0.25) is 5.91 Å². The van der Waals surface area contributed by atoms with Gasteiger partial charge in [-0.25, -0.2) is 4.79 Å². The number of nitrogens with zero attached hydrogens (tertiary/aromatic N) is 1. The van der Waals surface area contributed by atoms with Crippen molar-refractivity contribution in [1.29, 1.82) is 0 Å². The molecular weight excluding hydrogens is 420 g/mol. The van der Waals surface area contributed by atoms with Crippen molar-refractivity contribution in [1.82, 2.24) is 10.2 Å². The van der Waals surface area contributed by atoms with E-state index in [0.717, 1.165) is 22.3 Å². The van der Waals surface area contributed by atoms with Gasteiger partial charge in [0.25, 0.3) is 0 Å².